The van der Waals surface area contributed by atoms with Gasteiger partial charge in [0.2, 0.25) is 5.95 Å². The highest BCUT2D eigenvalue weighted by molar-refractivity contribution is 5.90. The van der Waals surface area contributed by atoms with Gasteiger partial charge in [-0.15, -0.1) is 0 Å². The zero-order valence-electron chi connectivity index (χ0n) is 18.7. The van der Waals surface area contributed by atoms with Crippen molar-refractivity contribution in [1.29, 1.82) is 0 Å². The highest BCUT2D eigenvalue weighted by Crippen LogP contribution is 2.34. The Labute approximate surface area is 197 Å². The monoisotopic (exact) mass is 455 g/mol. The van der Waals surface area contributed by atoms with E-state index in [2.05, 4.69) is 25.1 Å². The molecule has 4 heterocycles. The Bertz CT molecular complexity index is 1290. The predicted molar refractivity (Wildman–Crippen MR) is 130 cm³/mol. The summed E-state index contributed by atoms with van der Waals surface area (Å²) in [5.41, 5.74) is 1.82. The van der Waals surface area contributed by atoms with E-state index in [0.29, 0.717) is 19.8 Å². The number of anilines is 3. The fraction of sp³-hybridized carbons (Fsp3) is 0.280. The maximum atomic E-state index is 5.74. The van der Waals surface area contributed by atoms with Gasteiger partial charge < -0.3 is 19.7 Å². The molecular weight excluding hydrogens is 430 g/mol. The van der Waals surface area contributed by atoms with Crippen molar-refractivity contribution in [2.45, 2.75) is 6.54 Å². The summed E-state index contributed by atoms with van der Waals surface area (Å²) in [7, 11) is 0. The lowest BCUT2D eigenvalue weighted by Gasteiger charge is -2.34. The quantitative estimate of drug-likeness (QED) is 0.487. The Kier molecular flexibility index (Phi) is 5.52. The van der Waals surface area contributed by atoms with Crippen LogP contribution in [0.5, 0.6) is 11.5 Å². The van der Waals surface area contributed by atoms with Crippen LogP contribution in [0.3, 0.4) is 0 Å². The first-order valence-corrected chi connectivity index (χ1v) is 11.5. The van der Waals surface area contributed by atoms with E-state index >= 15 is 0 Å². The molecule has 9 heteroatoms. The molecule has 0 aliphatic carbocycles. The lowest BCUT2D eigenvalue weighted by Crippen LogP contribution is -2.46. The van der Waals surface area contributed by atoms with Crippen LogP contribution in [0.2, 0.25) is 0 Å². The molecule has 1 N–H and O–H groups in total. The summed E-state index contributed by atoms with van der Waals surface area (Å²) in [4.78, 5) is 23.1. The average Bonchev–Trinajstić information content (AvgIpc) is 2.90. The van der Waals surface area contributed by atoms with Gasteiger partial charge in [0.05, 0.1) is 12.1 Å². The second-order valence-electron chi connectivity index (χ2n) is 8.30. The molecule has 6 rings (SSSR count). The fourth-order valence-electron chi connectivity index (χ4n) is 4.31. The highest BCUT2D eigenvalue weighted by Gasteiger charge is 2.20. The van der Waals surface area contributed by atoms with E-state index in [1.54, 1.807) is 12.4 Å². The summed E-state index contributed by atoms with van der Waals surface area (Å²) in [6, 6.07) is 15.8. The highest BCUT2D eigenvalue weighted by atomic mass is 16.6. The first-order chi connectivity index (χ1) is 16.8. The van der Waals surface area contributed by atoms with Crippen LogP contribution in [0, 0.1) is 0 Å². The smallest absolute Gasteiger partial charge is 0.225 e. The predicted octanol–water partition coefficient (Wildman–Crippen LogP) is 3.26. The minimum absolute atomic E-state index is 0.556. The third-order valence-electron chi connectivity index (χ3n) is 6.03. The van der Waals surface area contributed by atoms with Gasteiger partial charge in [-0.25, -0.2) is 19.9 Å². The molecule has 0 unspecified atom stereocenters. The standard InChI is InChI=1S/C25H25N7O2/c1-2-5-20-19(4-1)24(28-18-6-7-21-22(16-18)34-15-14-33-21)30-23(29-20)17-31-10-12-32(13-11-31)25-26-8-3-9-27-25/h1-9,16H,10-15,17H2,(H,28,29,30). The molecule has 0 amide bonds. The van der Waals surface area contributed by atoms with E-state index in [4.69, 9.17) is 19.4 Å². The second-order valence-corrected chi connectivity index (χ2v) is 8.30. The van der Waals surface area contributed by atoms with Crippen LogP contribution in [0.15, 0.2) is 60.9 Å². The molecule has 2 aromatic heterocycles. The molecule has 0 atom stereocenters. The van der Waals surface area contributed by atoms with Crippen molar-refractivity contribution in [1.82, 2.24) is 24.8 Å². The van der Waals surface area contributed by atoms with Crippen LogP contribution in [-0.4, -0.2) is 64.2 Å². The van der Waals surface area contributed by atoms with E-state index in [1.165, 1.54) is 0 Å². The summed E-state index contributed by atoms with van der Waals surface area (Å²) >= 11 is 0. The first kappa shape index (κ1) is 20.6. The lowest BCUT2D eigenvalue weighted by atomic mass is 10.2. The maximum absolute atomic E-state index is 5.74. The number of para-hydroxylation sites is 1. The number of aromatic nitrogens is 4. The Morgan fingerprint density at radius 1 is 0.824 bits per heavy atom. The van der Waals surface area contributed by atoms with Gasteiger partial charge in [0.15, 0.2) is 11.5 Å². The van der Waals surface area contributed by atoms with Crippen LogP contribution in [0.25, 0.3) is 10.9 Å². The molecule has 4 aromatic rings. The van der Waals surface area contributed by atoms with Gasteiger partial charge in [0.25, 0.3) is 0 Å². The molecule has 0 saturated carbocycles. The van der Waals surface area contributed by atoms with Crippen molar-refractivity contribution in [3.63, 3.8) is 0 Å². The second kappa shape index (κ2) is 9.11. The topological polar surface area (TPSA) is 88.5 Å². The molecule has 1 saturated heterocycles. The first-order valence-electron chi connectivity index (χ1n) is 11.5. The van der Waals surface area contributed by atoms with Gasteiger partial charge in [-0.1, -0.05) is 12.1 Å². The molecule has 172 valence electrons. The molecule has 0 bridgehead atoms. The lowest BCUT2D eigenvalue weighted by molar-refractivity contribution is 0.171. The number of piperazine rings is 1. The zero-order chi connectivity index (χ0) is 22.7. The molecule has 2 aromatic carbocycles. The minimum Gasteiger partial charge on any atom is -0.486 e. The van der Waals surface area contributed by atoms with Crippen molar-refractivity contribution in [2.24, 2.45) is 0 Å². The summed E-state index contributed by atoms with van der Waals surface area (Å²) in [5.74, 6) is 3.88. The summed E-state index contributed by atoms with van der Waals surface area (Å²) < 4.78 is 11.4. The SMILES string of the molecule is c1cnc(N2CCN(Cc3nc(Nc4ccc5c(c4)OCCO5)c4ccccc4n3)CC2)nc1. The van der Waals surface area contributed by atoms with Gasteiger partial charge in [0, 0.05) is 55.7 Å². The van der Waals surface area contributed by atoms with Gasteiger partial charge in [-0.05, 0) is 30.3 Å². The number of rotatable bonds is 5. The molecule has 2 aliphatic rings. The summed E-state index contributed by atoms with van der Waals surface area (Å²) in [5, 5.41) is 4.45. The molecule has 0 spiro atoms. The van der Waals surface area contributed by atoms with E-state index in [9.17, 15) is 0 Å². The van der Waals surface area contributed by atoms with Gasteiger partial charge in [0.1, 0.15) is 24.9 Å². The van der Waals surface area contributed by atoms with Crippen molar-refractivity contribution in [3.8, 4) is 11.5 Å². The van der Waals surface area contributed by atoms with E-state index in [0.717, 1.165) is 71.9 Å². The van der Waals surface area contributed by atoms with E-state index in [-0.39, 0.29) is 0 Å². The number of hydrogen-bond acceptors (Lipinski definition) is 9. The van der Waals surface area contributed by atoms with Crippen molar-refractivity contribution >= 4 is 28.4 Å². The van der Waals surface area contributed by atoms with Crippen molar-refractivity contribution < 1.29 is 9.47 Å². The van der Waals surface area contributed by atoms with E-state index in [1.807, 2.05) is 48.5 Å². The zero-order valence-corrected chi connectivity index (χ0v) is 18.7. The number of nitrogens with zero attached hydrogens (tertiary/aromatic N) is 6. The number of benzene rings is 2. The molecule has 0 radical (unpaired) electrons. The largest absolute Gasteiger partial charge is 0.486 e. The van der Waals surface area contributed by atoms with Crippen LogP contribution in [-0.2, 0) is 6.54 Å². The molecule has 1 fully saturated rings. The Balaban J connectivity index is 1.21. The van der Waals surface area contributed by atoms with E-state index < -0.39 is 0 Å². The molecule has 2 aliphatic heterocycles. The third kappa shape index (κ3) is 4.29. The number of nitrogens with one attached hydrogen (secondary N) is 1. The van der Waals surface area contributed by atoms with Crippen LogP contribution >= 0.6 is 0 Å². The molecule has 9 nitrogen and oxygen atoms in total. The Morgan fingerprint density at radius 3 is 2.47 bits per heavy atom. The van der Waals surface area contributed by atoms with Gasteiger partial charge in [-0.2, -0.15) is 0 Å². The van der Waals surface area contributed by atoms with Crippen LogP contribution in [0.1, 0.15) is 5.82 Å². The number of fused-ring (bicyclic) bond motifs is 2. The normalized spacial score (nSPS) is 15.9. The van der Waals surface area contributed by atoms with Gasteiger partial charge >= 0.3 is 0 Å². The average molecular weight is 456 g/mol. The Morgan fingerprint density at radius 2 is 1.62 bits per heavy atom. The Hall–Kier alpha value is -3.98. The summed E-state index contributed by atoms with van der Waals surface area (Å²) in [6.45, 7) is 5.37. The molecule has 34 heavy (non-hydrogen) atoms. The van der Waals surface area contributed by atoms with Crippen LogP contribution in [0.4, 0.5) is 17.5 Å². The maximum Gasteiger partial charge on any atom is 0.225 e. The van der Waals surface area contributed by atoms with Crippen molar-refractivity contribution in [2.75, 3.05) is 49.6 Å². The van der Waals surface area contributed by atoms with Crippen molar-refractivity contribution in [3.05, 3.63) is 66.7 Å². The third-order valence-corrected chi connectivity index (χ3v) is 6.03. The van der Waals surface area contributed by atoms with Crippen LogP contribution < -0.4 is 19.7 Å². The molecular formula is C25H25N7O2. The fourth-order valence-corrected chi connectivity index (χ4v) is 4.31. The number of hydrogen-bond donors (Lipinski definition) is 1. The summed E-state index contributed by atoms with van der Waals surface area (Å²) in [6.07, 6.45) is 3.57. The number of ether oxygens (including phenoxy) is 2. The minimum atomic E-state index is 0.556. The van der Waals surface area contributed by atoms with Gasteiger partial charge in [-0.3, -0.25) is 4.90 Å².